The van der Waals surface area contributed by atoms with Crippen molar-refractivity contribution in [1.82, 2.24) is 0 Å². The zero-order valence-electron chi connectivity index (χ0n) is 21.4. The number of aliphatic imine (C=N–C) groups is 2. The number of benzene rings is 2. The van der Waals surface area contributed by atoms with Crippen LogP contribution in [0.4, 0.5) is 11.4 Å². The fourth-order valence-electron chi connectivity index (χ4n) is 3.85. The van der Waals surface area contributed by atoms with Gasteiger partial charge in [-0.15, -0.1) is 0 Å². The van der Waals surface area contributed by atoms with Gasteiger partial charge in [-0.25, -0.2) is 0 Å². The molecule has 0 aromatic heterocycles. The third kappa shape index (κ3) is 8.73. The van der Waals surface area contributed by atoms with E-state index in [1.165, 1.54) is 78.6 Å². The Morgan fingerprint density at radius 1 is 0.531 bits per heavy atom. The van der Waals surface area contributed by atoms with Crippen molar-refractivity contribution >= 4 is 22.8 Å². The molecule has 2 rings (SSSR count). The molecule has 0 N–H and O–H groups in total. The SMILES string of the molecule is CCCCCCCCC(=Nc1ccc(C)c(C)c1)C(CCCC)=Nc1ccc(C)c(C)c1. The minimum absolute atomic E-state index is 0.989. The van der Waals surface area contributed by atoms with Crippen molar-refractivity contribution in [1.29, 1.82) is 0 Å². The molecule has 0 saturated carbocycles. The van der Waals surface area contributed by atoms with E-state index in [-0.39, 0.29) is 0 Å². The Morgan fingerprint density at radius 2 is 0.969 bits per heavy atom. The van der Waals surface area contributed by atoms with Crippen molar-refractivity contribution in [3.63, 3.8) is 0 Å². The van der Waals surface area contributed by atoms with Crippen molar-refractivity contribution < 1.29 is 0 Å². The summed E-state index contributed by atoms with van der Waals surface area (Å²) in [5, 5.41) is 0. The molecular weight excluding hydrogens is 388 g/mol. The summed E-state index contributed by atoms with van der Waals surface area (Å²) in [4.78, 5) is 10.3. The van der Waals surface area contributed by atoms with Crippen LogP contribution in [0.3, 0.4) is 0 Å². The maximum Gasteiger partial charge on any atom is 0.0636 e. The number of hydrogen-bond acceptors (Lipinski definition) is 2. The van der Waals surface area contributed by atoms with Crippen LogP contribution in [0, 0.1) is 27.7 Å². The third-order valence-electron chi connectivity index (χ3n) is 6.38. The molecule has 2 aromatic rings. The van der Waals surface area contributed by atoms with Gasteiger partial charge in [0.15, 0.2) is 0 Å². The van der Waals surface area contributed by atoms with E-state index in [9.17, 15) is 0 Å². The molecule has 0 unspecified atom stereocenters. The average Bonchev–Trinajstić information content (AvgIpc) is 2.77. The van der Waals surface area contributed by atoms with E-state index >= 15 is 0 Å². The molecule has 0 heterocycles. The molecule has 2 heteroatoms. The first-order valence-corrected chi connectivity index (χ1v) is 12.7. The van der Waals surface area contributed by atoms with Crippen LogP contribution in [0.2, 0.25) is 0 Å². The summed E-state index contributed by atoms with van der Waals surface area (Å²) >= 11 is 0. The Hall–Kier alpha value is -2.22. The third-order valence-corrected chi connectivity index (χ3v) is 6.38. The zero-order valence-corrected chi connectivity index (χ0v) is 21.4. The summed E-state index contributed by atoms with van der Waals surface area (Å²) < 4.78 is 0. The lowest BCUT2D eigenvalue weighted by molar-refractivity contribution is 0.616. The summed E-state index contributed by atoms with van der Waals surface area (Å²) in [6.45, 7) is 13.2. The van der Waals surface area contributed by atoms with E-state index in [0.717, 1.165) is 30.6 Å². The van der Waals surface area contributed by atoms with Crippen LogP contribution in [0.15, 0.2) is 46.4 Å². The highest BCUT2D eigenvalue weighted by molar-refractivity contribution is 6.43. The first-order valence-electron chi connectivity index (χ1n) is 12.7. The Kier molecular flexibility index (Phi) is 11.4. The smallest absolute Gasteiger partial charge is 0.0636 e. The molecular formula is C30H44N2. The van der Waals surface area contributed by atoms with E-state index in [0.29, 0.717) is 0 Å². The molecule has 0 aliphatic rings. The minimum atomic E-state index is 0.989. The fraction of sp³-hybridized carbons (Fsp3) is 0.533. The van der Waals surface area contributed by atoms with Crippen LogP contribution in [0.5, 0.6) is 0 Å². The summed E-state index contributed by atoms with van der Waals surface area (Å²) in [7, 11) is 0. The molecule has 0 spiro atoms. The molecule has 2 nitrogen and oxygen atoms in total. The summed E-state index contributed by atoms with van der Waals surface area (Å²) in [5.41, 5.74) is 9.67. The van der Waals surface area contributed by atoms with Gasteiger partial charge in [0.05, 0.1) is 22.8 Å². The standard InChI is InChI=1S/C30H44N2/c1-7-9-11-12-13-14-16-30(32-28-20-18-24(4)26(6)22-28)29(15-10-8-2)31-27-19-17-23(3)25(5)21-27/h17-22H,7-16H2,1-6H3. The molecule has 0 saturated heterocycles. The fourth-order valence-corrected chi connectivity index (χ4v) is 3.85. The molecule has 0 aliphatic carbocycles. The first kappa shape index (κ1) is 26.0. The lowest BCUT2D eigenvalue weighted by Crippen LogP contribution is -2.14. The second-order valence-electron chi connectivity index (χ2n) is 9.28. The van der Waals surface area contributed by atoms with Crippen molar-refractivity contribution in [2.24, 2.45) is 9.98 Å². The van der Waals surface area contributed by atoms with Gasteiger partial charge in [-0.05, 0) is 99.9 Å². The number of unbranched alkanes of at least 4 members (excludes halogenated alkanes) is 6. The molecule has 0 amide bonds. The van der Waals surface area contributed by atoms with E-state index in [1.807, 2.05) is 0 Å². The van der Waals surface area contributed by atoms with Crippen LogP contribution in [-0.4, -0.2) is 11.4 Å². The molecule has 174 valence electrons. The predicted octanol–water partition coefficient (Wildman–Crippen LogP) is 9.71. The van der Waals surface area contributed by atoms with Gasteiger partial charge in [0.1, 0.15) is 0 Å². The van der Waals surface area contributed by atoms with Crippen LogP contribution in [0.25, 0.3) is 0 Å². The highest BCUT2D eigenvalue weighted by Gasteiger charge is 2.11. The van der Waals surface area contributed by atoms with E-state index in [1.54, 1.807) is 0 Å². The zero-order chi connectivity index (χ0) is 23.3. The predicted molar refractivity (Wildman–Crippen MR) is 144 cm³/mol. The highest BCUT2D eigenvalue weighted by atomic mass is 14.8. The summed E-state index contributed by atoms with van der Waals surface area (Å²) in [6.07, 6.45) is 12.1. The van der Waals surface area contributed by atoms with Gasteiger partial charge < -0.3 is 0 Å². The Balaban J connectivity index is 2.35. The van der Waals surface area contributed by atoms with Crippen molar-refractivity contribution in [2.45, 2.75) is 106 Å². The quantitative estimate of drug-likeness (QED) is 0.222. The number of nitrogens with zero attached hydrogens (tertiary/aromatic N) is 2. The molecule has 2 aromatic carbocycles. The number of aryl methyl sites for hydroxylation is 4. The Labute approximate surface area is 197 Å². The highest BCUT2D eigenvalue weighted by Crippen LogP contribution is 2.23. The molecule has 0 aliphatic heterocycles. The van der Waals surface area contributed by atoms with Gasteiger partial charge in [0.25, 0.3) is 0 Å². The summed E-state index contributed by atoms with van der Waals surface area (Å²) in [5.74, 6) is 0. The maximum atomic E-state index is 5.17. The molecule has 0 radical (unpaired) electrons. The van der Waals surface area contributed by atoms with Gasteiger partial charge >= 0.3 is 0 Å². The van der Waals surface area contributed by atoms with E-state index in [4.69, 9.17) is 9.98 Å². The van der Waals surface area contributed by atoms with Crippen LogP contribution in [-0.2, 0) is 0 Å². The topological polar surface area (TPSA) is 24.7 Å². The van der Waals surface area contributed by atoms with Crippen molar-refractivity contribution in [2.75, 3.05) is 0 Å². The Morgan fingerprint density at radius 3 is 1.44 bits per heavy atom. The maximum absolute atomic E-state index is 5.17. The normalized spacial score (nSPS) is 12.4. The number of rotatable bonds is 13. The van der Waals surface area contributed by atoms with Gasteiger partial charge in [0.2, 0.25) is 0 Å². The number of hydrogen-bond donors (Lipinski definition) is 0. The lowest BCUT2D eigenvalue weighted by Gasteiger charge is -2.12. The van der Waals surface area contributed by atoms with E-state index in [2.05, 4.69) is 77.9 Å². The second-order valence-corrected chi connectivity index (χ2v) is 9.28. The summed E-state index contributed by atoms with van der Waals surface area (Å²) in [6, 6.07) is 13.1. The van der Waals surface area contributed by atoms with Crippen LogP contribution >= 0.6 is 0 Å². The second kappa shape index (κ2) is 14.0. The largest absolute Gasteiger partial charge is 0.252 e. The monoisotopic (exact) mass is 432 g/mol. The average molecular weight is 433 g/mol. The molecule has 0 bridgehead atoms. The molecule has 0 fully saturated rings. The van der Waals surface area contributed by atoms with E-state index < -0.39 is 0 Å². The molecule has 32 heavy (non-hydrogen) atoms. The first-order chi connectivity index (χ1) is 15.4. The van der Waals surface area contributed by atoms with Gasteiger partial charge in [0, 0.05) is 0 Å². The van der Waals surface area contributed by atoms with Crippen LogP contribution in [0.1, 0.15) is 100 Å². The lowest BCUT2D eigenvalue weighted by atomic mass is 10.0. The van der Waals surface area contributed by atoms with Crippen molar-refractivity contribution in [3.8, 4) is 0 Å². The van der Waals surface area contributed by atoms with Gasteiger partial charge in [-0.2, -0.15) is 0 Å². The van der Waals surface area contributed by atoms with Gasteiger partial charge in [-0.3, -0.25) is 9.98 Å². The Bertz CT molecular complexity index is 905. The van der Waals surface area contributed by atoms with Crippen LogP contribution < -0.4 is 0 Å². The minimum Gasteiger partial charge on any atom is -0.252 e. The van der Waals surface area contributed by atoms with Crippen molar-refractivity contribution in [3.05, 3.63) is 58.7 Å². The molecule has 0 atom stereocenters. The van der Waals surface area contributed by atoms with Gasteiger partial charge in [-0.1, -0.05) is 64.5 Å².